The van der Waals surface area contributed by atoms with Crippen molar-refractivity contribution >= 4 is 21.8 Å². The van der Waals surface area contributed by atoms with Gasteiger partial charge in [-0.3, -0.25) is 4.79 Å². The van der Waals surface area contributed by atoms with Crippen molar-refractivity contribution in [3.8, 4) is 0 Å². The number of carbonyl (C=O) groups is 1. The summed E-state index contributed by atoms with van der Waals surface area (Å²) in [5.41, 5.74) is 0.238. The molecule has 0 N–H and O–H groups in total. The molecule has 128 valence electrons. The van der Waals surface area contributed by atoms with E-state index < -0.39 is 0 Å². The van der Waals surface area contributed by atoms with Crippen LogP contribution in [0.25, 0.3) is 0 Å². The monoisotopic (exact) mass is 395 g/mol. The van der Waals surface area contributed by atoms with Gasteiger partial charge in [0.05, 0.1) is 0 Å². The van der Waals surface area contributed by atoms with Crippen molar-refractivity contribution in [1.29, 1.82) is 0 Å². The van der Waals surface area contributed by atoms with Gasteiger partial charge in [0.2, 0.25) is 11.8 Å². The van der Waals surface area contributed by atoms with E-state index in [0.29, 0.717) is 34.6 Å². The molecule has 7 heteroatoms. The number of halogens is 2. The lowest BCUT2D eigenvalue weighted by Crippen LogP contribution is -2.28. The Morgan fingerprint density at radius 1 is 1.42 bits per heavy atom. The first-order chi connectivity index (χ1) is 11.3. The average molecular weight is 396 g/mol. The molecule has 24 heavy (non-hydrogen) atoms. The van der Waals surface area contributed by atoms with Gasteiger partial charge in [0.25, 0.3) is 0 Å². The molecule has 1 aromatic carbocycles. The second-order valence-electron chi connectivity index (χ2n) is 7.02. The van der Waals surface area contributed by atoms with Gasteiger partial charge in [-0.15, -0.1) is 0 Å². The number of hydrogen-bond donors (Lipinski definition) is 0. The zero-order valence-corrected chi connectivity index (χ0v) is 15.4. The fourth-order valence-corrected chi connectivity index (χ4v) is 3.03. The summed E-state index contributed by atoms with van der Waals surface area (Å²) in [6.07, 6.45) is 0.999. The Kier molecular flexibility index (Phi) is 4.46. The van der Waals surface area contributed by atoms with Gasteiger partial charge in [0, 0.05) is 28.4 Å². The lowest BCUT2D eigenvalue weighted by Gasteiger charge is -2.22. The molecular formula is C17H19BrFN3O2. The molecule has 5 nitrogen and oxygen atoms in total. The summed E-state index contributed by atoms with van der Waals surface area (Å²) in [7, 11) is 0. The number of benzene rings is 1. The van der Waals surface area contributed by atoms with Crippen molar-refractivity contribution in [1.82, 2.24) is 15.0 Å². The highest BCUT2D eigenvalue weighted by atomic mass is 79.9. The molecule has 1 atom stereocenters. The van der Waals surface area contributed by atoms with Gasteiger partial charge in [-0.05, 0) is 18.6 Å². The summed E-state index contributed by atoms with van der Waals surface area (Å²) in [6.45, 7) is 6.18. The summed E-state index contributed by atoms with van der Waals surface area (Å²) < 4.78 is 20.2. The maximum Gasteiger partial charge on any atom is 0.249 e. The molecule has 1 fully saturated rings. The van der Waals surface area contributed by atoms with E-state index in [0.717, 1.165) is 0 Å². The molecule has 2 heterocycles. The van der Waals surface area contributed by atoms with Gasteiger partial charge < -0.3 is 9.42 Å². The summed E-state index contributed by atoms with van der Waals surface area (Å²) in [4.78, 5) is 18.3. The summed E-state index contributed by atoms with van der Waals surface area (Å²) in [5.74, 6) is 0.650. The fraction of sp³-hybridized carbons (Fsp3) is 0.471. The normalized spacial score (nSPS) is 18.5. The number of hydrogen-bond acceptors (Lipinski definition) is 4. The molecule has 1 unspecified atom stereocenters. The topological polar surface area (TPSA) is 59.2 Å². The maximum atomic E-state index is 14.1. The third kappa shape index (κ3) is 3.36. The Morgan fingerprint density at radius 2 is 2.17 bits per heavy atom. The second-order valence-corrected chi connectivity index (χ2v) is 7.93. The standard InChI is InChI=1S/C17H19BrFN3O2/c1-17(2,3)16-20-15(24-21-16)13-6-7-14(23)22(13)9-10-4-5-11(18)8-12(10)19/h4-5,8,13H,6-7,9H2,1-3H3. The van der Waals surface area contributed by atoms with E-state index in [4.69, 9.17) is 4.52 Å². The predicted molar refractivity (Wildman–Crippen MR) is 89.6 cm³/mol. The van der Waals surface area contributed by atoms with Crippen LogP contribution >= 0.6 is 15.9 Å². The van der Waals surface area contributed by atoms with E-state index in [-0.39, 0.29) is 29.7 Å². The molecule has 0 aliphatic carbocycles. The first kappa shape index (κ1) is 17.1. The molecule has 0 spiro atoms. The second kappa shape index (κ2) is 6.27. The number of carbonyl (C=O) groups excluding carboxylic acids is 1. The molecule has 1 aliphatic rings. The molecule has 0 bridgehead atoms. The zero-order chi connectivity index (χ0) is 17.5. The minimum absolute atomic E-state index is 0.0298. The van der Waals surface area contributed by atoms with Gasteiger partial charge in [-0.25, -0.2) is 4.39 Å². The number of rotatable bonds is 3. The van der Waals surface area contributed by atoms with Crippen LogP contribution in [0.5, 0.6) is 0 Å². The van der Waals surface area contributed by atoms with Crippen LogP contribution in [-0.2, 0) is 16.8 Å². The Labute approximate surface area is 148 Å². The fourth-order valence-electron chi connectivity index (χ4n) is 2.70. The highest BCUT2D eigenvalue weighted by molar-refractivity contribution is 9.10. The largest absolute Gasteiger partial charge is 0.337 e. The minimum Gasteiger partial charge on any atom is -0.337 e. The number of likely N-dealkylation sites (tertiary alicyclic amines) is 1. The Bertz CT molecular complexity index is 769. The minimum atomic E-state index is -0.344. The molecule has 1 amide bonds. The number of nitrogens with zero attached hydrogens (tertiary/aromatic N) is 3. The van der Waals surface area contributed by atoms with Crippen LogP contribution in [0.4, 0.5) is 4.39 Å². The smallest absolute Gasteiger partial charge is 0.249 e. The third-order valence-electron chi connectivity index (χ3n) is 4.08. The number of aromatic nitrogens is 2. The van der Waals surface area contributed by atoms with E-state index in [1.807, 2.05) is 20.8 Å². The molecule has 1 aliphatic heterocycles. The molecule has 1 saturated heterocycles. The van der Waals surface area contributed by atoms with Gasteiger partial charge in [0.15, 0.2) is 5.82 Å². The molecule has 1 aromatic heterocycles. The zero-order valence-electron chi connectivity index (χ0n) is 13.8. The first-order valence-corrected chi connectivity index (χ1v) is 8.62. The molecule has 3 rings (SSSR count). The maximum absolute atomic E-state index is 14.1. The van der Waals surface area contributed by atoms with Crippen molar-refractivity contribution < 1.29 is 13.7 Å². The Morgan fingerprint density at radius 3 is 2.79 bits per heavy atom. The summed E-state index contributed by atoms with van der Waals surface area (Å²) in [6, 6.07) is 4.54. The van der Waals surface area contributed by atoms with Crippen LogP contribution in [0.15, 0.2) is 27.2 Å². The number of amides is 1. The molecular weight excluding hydrogens is 377 g/mol. The van der Waals surface area contributed by atoms with Gasteiger partial charge >= 0.3 is 0 Å². The lowest BCUT2D eigenvalue weighted by atomic mass is 9.96. The molecule has 0 radical (unpaired) electrons. The van der Waals surface area contributed by atoms with E-state index in [1.54, 1.807) is 17.0 Å². The average Bonchev–Trinajstić information content (AvgIpc) is 3.09. The quantitative estimate of drug-likeness (QED) is 0.783. The SMILES string of the molecule is CC(C)(C)c1noc(C2CCC(=O)N2Cc2ccc(Br)cc2F)n1. The van der Waals surface area contributed by atoms with Gasteiger partial charge in [-0.1, -0.05) is 47.9 Å². The van der Waals surface area contributed by atoms with E-state index in [1.165, 1.54) is 6.07 Å². The Balaban J connectivity index is 1.85. The Hall–Kier alpha value is -1.76. The van der Waals surface area contributed by atoms with Crippen LogP contribution in [0, 0.1) is 5.82 Å². The van der Waals surface area contributed by atoms with Crippen LogP contribution in [0.3, 0.4) is 0 Å². The third-order valence-corrected chi connectivity index (χ3v) is 4.57. The summed E-state index contributed by atoms with van der Waals surface area (Å²) >= 11 is 3.24. The first-order valence-electron chi connectivity index (χ1n) is 7.83. The lowest BCUT2D eigenvalue weighted by molar-refractivity contribution is -0.130. The van der Waals surface area contributed by atoms with E-state index >= 15 is 0 Å². The van der Waals surface area contributed by atoms with Crippen LogP contribution < -0.4 is 0 Å². The van der Waals surface area contributed by atoms with Crippen molar-refractivity contribution in [2.75, 3.05) is 0 Å². The molecule has 0 saturated carbocycles. The van der Waals surface area contributed by atoms with Crippen molar-refractivity contribution in [2.45, 2.75) is 51.6 Å². The van der Waals surface area contributed by atoms with Gasteiger partial charge in [0.1, 0.15) is 11.9 Å². The predicted octanol–water partition coefficient (Wildman–Crippen LogP) is 4.13. The van der Waals surface area contributed by atoms with Gasteiger partial charge in [-0.2, -0.15) is 4.98 Å². The van der Waals surface area contributed by atoms with E-state index in [9.17, 15) is 9.18 Å². The highest BCUT2D eigenvalue weighted by Gasteiger charge is 2.37. The van der Waals surface area contributed by atoms with Crippen molar-refractivity contribution in [2.24, 2.45) is 0 Å². The van der Waals surface area contributed by atoms with Crippen molar-refractivity contribution in [3.63, 3.8) is 0 Å². The van der Waals surface area contributed by atoms with Crippen LogP contribution in [-0.4, -0.2) is 20.9 Å². The summed E-state index contributed by atoms with van der Waals surface area (Å²) in [5, 5.41) is 4.02. The highest BCUT2D eigenvalue weighted by Crippen LogP contribution is 2.34. The van der Waals surface area contributed by atoms with Crippen LogP contribution in [0.1, 0.15) is 56.9 Å². The molecule has 2 aromatic rings. The van der Waals surface area contributed by atoms with Crippen molar-refractivity contribution in [3.05, 3.63) is 45.8 Å². The van der Waals surface area contributed by atoms with E-state index in [2.05, 4.69) is 26.1 Å². The van der Waals surface area contributed by atoms with Crippen LogP contribution in [0.2, 0.25) is 0 Å².